The van der Waals surface area contributed by atoms with E-state index in [1.165, 1.54) is 11.3 Å². The van der Waals surface area contributed by atoms with Crippen molar-refractivity contribution in [1.29, 1.82) is 0 Å². The highest BCUT2D eigenvalue weighted by atomic mass is 35.5. The van der Waals surface area contributed by atoms with Crippen LogP contribution in [0.5, 0.6) is 5.75 Å². The summed E-state index contributed by atoms with van der Waals surface area (Å²) in [6.07, 6.45) is 1.57. The second-order valence-electron chi connectivity index (χ2n) is 5.73. The highest BCUT2D eigenvalue weighted by molar-refractivity contribution is 7.15. The Hall–Kier alpha value is -1.96. The third kappa shape index (κ3) is 5.52. The summed E-state index contributed by atoms with van der Waals surface area (Å²) < 4.78 is 5.14. The zero-order valence-electron chi connectivity index (χ0n) is 15.2. The molecule has 0 aliphatic rings. The van der Waals surface area contributed by atoms with Crippen LogP contribution in [0.3, 0.4) is 0 Å². The molecule has 0 spiro atoms. The van der Waals surface area contributed by atoms with E-state index in [0.29, 0.717) is 11.4 Å². The van der Waals surface area contributed by atoms with Crippen LogP contribution < -0.4 is 15.4 Å². The number of aromatic nitrogens is 1. The van der Waals surface area contributed by atoms with Gasteiger partial charge >= 0.3 is 0 Å². The van der Waals surface area contributed by atoms with Crippen molar-refractivity contribution < 1.29 is 9.53 Å². The van der Waals surface area contributed by atoms with E-state index in [4.69, 9.17) is 16.3 Å². The number of carbonyl (C=O) groups is 1. The van der Waals surface area contributed by atoms with Crippen LogP contribution >= 0.6 is 22.9 Å². The fourth-order valence-corrected chi connectivity index (χ4v) is 3.00. The van der Waals surface area contributed by atoms with Crippen molar-refractivity contribution in [3.05, 3.63) is 45.9 Å². The molecule has 1 amide bonds. The number of hydrogen-bond acceptors (Lipinski definition) is 6. The Balaban J connectivity index is 1.99. The van der Waals surface area contributed by atoms with E-state index in [0.717, 1.165) is 22.0 Å². The first-order valence-corrected chi connectivity index (χ1v) is 9.42. The molecule has 0 aliphatic heterocycles. The molecule has 1 aromatic carbocycles. The molecule has 0 bridgehead atoms. The molecule has 0 fully saturated rings. The highest BCUT2D eigenvalue weighted by Crippen LogP contribution is 2.16. The molecule has 2 N–H and O–H groups in total. The first kappa shape index (κ1) is 20.4. The molecule has 0 radical (unpaired) electrons. The van der Waals surface area contributed by atoms with Gasteiger partial charge in [-0.15, -0.1) is 22.9 Å². The van der Waals surface area contributed by atoms with Gasteiger partial charge in [-0.05, 0) is 38.6 Å². The standard InChI is InChI=1S/C18H23ClN4O2S/c1-11(16(19)20-3)23-17(24)15-10-22-18(26-15)12(2)21-9-13-5-7-14(25-4)8-6-13/h5-8,10-11,16,20H,9H2,1-4H3,(H,23,24)/t11?,16-/m0/s1. The van der Waals surface area contributed by atoms with E-state index in [9.17, 15) is 4.79 Å². The summed E-state index contributed by atoms with van der Waals surface area (Å²) in [5, 5.41) is 6.48. The first-order valence-electron chi connectivity index (χ1n) is 8.17. The second kappa shape index (κ2) is 9.66. The molecule has 1 unspecified atom stereocenters. The molecule has 2 aromatic rings. The Morgan fingerprint density at radius 3 is 2.69 bits per heavy atom. The molecule has 1 aromatic heterocycles. The molecule has 2 rings (SSSR count). The number of alkyl halides is 1. The average molecular weight is 395 g/mol. The minimum Gasteiger partial charge on any atom is -0.497 e. The van der Waals surface area contributed by atoms with E-state index < -0.39 is 0 Å². The number of likely N-dealkylation sites (N-methyl/N-ethyl adjacent to an activating group) is 1. The normalized spacial score (nSPS) is 14.0. The van der Waals surface area contributed by atoms with Gasteiger partial charge in [-0.2, -0.15) is 0 Å². The van der Waals surface area contributed by atoms with Gasteiger partial charge < -0.3 is 15.4 Å². The third-order valence-electron chi connectivity index (χ3n) is 3.77. The number of carbonyl (C=O) groups excluding carboxylic acids is 1. The van der Waals surface area contributed by atoms with Gasteiger partial charge in [0.25, 0.3) is 5.91 Å². The van der Waals surface area contributed by atoms with Crippen LogP contribution in [0, 0.1) is 0 Å². The van der Waals surface area contributed by atoms with Gasteiger partial charge in [-0.3, -0.25) is 9.79 Å². The summed E-state index contributed by atoms with van der Waals surface area (Å²) in [7, 11) is 3.38. The number of thiazole rings is 1. The zero-order chi connectivity index (χ0) is 19.1. The monoisotopic (exact) mass is 394 g/mol. The van der Waals surface area contributed by atoms with Crippen molar-refractivity contribution in [2.24, 2.45) is 4.99 Å². The molecule has 8 heteroatoms. The third-order valence-corrected chi connectivity index (χ3v) is 5.47. The maximum atomic E-state index is 12.3. The lowest BCUT2D eigenvalue weighted by molar-refractivity contribution is 0.0941. The Morgan fingerprint density at radius 1 is 1.38 bits per heavy atom. The maximum absolute atomic E-state index is 12.3. The van der Waals surface area contributed by atoms with Crippen LogP contribution in [-0.4, -0.2) is 42.3 Å². The van der Waals surface area contributed by atoms with Crippen LogP contribution in [0.25, 0.3) is 0 Å². The van der Waals surface area contributed by atoms with Crippen LogP contribution in [0.15, 0.2) is 35.5 Å². The molecule has 0 aliphatic carbocycles. The zero-order valence-corrected chi connectivity index (χ0v) is 16.8. The SMILES string of the molecule is CN[C@H](Cl)C(C)NC(=O)c1cnc(C(C)=NCc2ccc(OC)cc2)s1. The minimum atomic E-state index is -0.334. The number of nitrogens with zero attached hydrogens (tertiary/aromatic N) is 2. The fourth-order valence-electron chi connectivity index (χ4n) is 2.16. The van der Waals surface area contributed by atoms with Crippen molar-refractivity contribution in [2.45, 2.75) is 31.9 Å². The number of methoxy groups -OCH3 is 1. The molecule has 0 saturated heterocycles. The van der Waals surface area contributed by atoms with E-state index in [1.807, 2.05) is 38.1 Å². The first-order chi connectivity index (χ1) is 12.4. The van der Waals surface area contributed by atoms with Gasteiger partial charge in [0.2, 0.25) is 0 Å². The van der Waals surface area contributed by atoms with Crippen molar-refractivity contribution in [1.82, 2.24) is 15.6 Å². The van der Waals surface area contributed by atoms with Crippen LogP contribution in [0.1, 0.15) is 34.1 Å². The summed E-state index contributed by atoms with van der Waals surface area (Å²) in [6.45, 7) is 4.28. The van der Waals surface area contributed by atoms with E-state index in [1.54, 1.807) is 20.4 Å². The van der Waals surface area contributed by atoms with Gasteiger partial charge in [-0.25, -0.2) is 4.98 Å². The van der Waals surface area contributed by atoms with E-state index in [-0.39, 0.29) is 17.5 Å². The topological polar surface area (TPSA) is 75.6 Å². The number of ether oxygens (including phenoxy) is 1. The fraction of sp³-hybridized carbons (Fsp3) is 0.389. The maximum Gasteiger partial charge on any atom is 0.263 e. The number of nitrogens with one attached hydrogen (secondary N) is 2. The Morgan fingerprint density at radius 2 is 2.08 bits per heavy atom. The second-order valence-corrected chi connectivity index (χ2v) is 7.23. The molecule has 6 nitrogen and oxygen atoms in total. The van der Waals surface area contributed by atoms with Crippen LogP contribution in [0.2, 0.25) is 0 Å². The van der Waals surface area contributed by atoms with Gasteiger partial charge in [0.15, 0.2) is 0 Å². The molecule has 2 atom stereocenters. The Labute approximate surface area is 162 Å². The molecule has 0 saturated carbocycles. The molecule has 26 heavy (non-hydrogen) atoms. The number of rotatable bonds is 8. The van der Waals surface area contributed by atoms with Gasteiger partial charge in [0.1, 0.15) is 21.1 Å². The summed E-state index contributed by atoms with van der Waals surface area (Å²) in [5.74, 6) is 0.627. The van der Waals surface area contributed by atoms with Crippen molar-refractivity contribution in [3.63, 3.8) is 0 Å². The lowest BCUT2D eigenvalue weighted by Crippen LogP contribution is -2.43. The summed E-state index contributed by atoms with van der Waals surface area (Å²) in [4.78, 5) is 21.7. The number of amides is 1. The minimum absolute atomic E-state index is 0.190. The lowest BCUT2D eigenvalue weighted by atomic mass is 10.2. The molecular formula is C18H23ClN4O2S. The predicted molar refractivity (Wildman–Crippen MR) is 107 cm³/mol. The Kier molecular flexibility index (Phi) is 7.56. The largest absolute Gasteiger partial charge is 0.497 e. The van der Waals surface area contributed by atoms with Crippen molar-refractivity contribution in [3.8, 4) is 5.75 Å². The average Bonchev–Trinajstić information content (AvgIpc) is 3.16. The molecule has 1 heterocycles. The molecular weight excluding hydrogens is 372 g/mol. The number of aliphatic imine (C=N–C) groups is 1. The van der Waals surface area contributed by atoms with Crippen molar-refractivity contribution >= 4 is 34.6 Å². The predicted octanol–water partition coefficient (Wildman–Crippen LogP) is 3.06. The van der Waals surface area contributed by atoms with Gasteiger partial charge in [-0.1, -0.05) is 12.1 Å². The van der Waals surface area contributed by atoms with Gasteiger partial charge in [0.05, 0.1) is 31.6 Å². The smallest absolute Gasteiger partial charge is 0.263 e. The number of benzene rings is 1. The quantitative estimate of drug-likeness (QED) is 0.410. The van der Waals surface area contributed by atoms with E-state index in [2.05, 4.69) is 20.6 Å². The van der Waals surface area contributed by atoms with Crippen LogP contribution in [0.4, 0.5) is 0 Å². The number of halogens is 1. The number of hydrogen-bond donors (Lipinski definition) is 2. The van der Waals surface area contributed by atoms with Crippen LogP contribution in [-0.2, 0) is 6.54 Å². The summed E-state index contributed by atoms with van der Waals surface area (Å²) in [6, 6.07) is 7.55. The highest BCUT2D eigenvalue weighted by Gasteiger charge is 2.18. The van der Waals surface area contributed by atoms with Crippen molar-refractivity contribution in [2.75, 3.05) is 14.2 Å². The molecule has 140 valence electrons. The lowest BCUT2D eigenvalue weighted by Gasteiger charge is -2.18. The van der Waals surface area contributed by atoms with Gasteiger partial charge in [0, 0.05) is 0 Å². The summed E-state index contributed by atoms with van der Waals surface area (Å²) >= 11 is 7.37. The van der Waals surface area contributed by atoms with E-state index >= 15 is 0 Å². The summed E-state index contributed by atoms with van der Waals surface area (Å²) in [5.41, 5.74) is 1.54. The Bertz CT molecular complexity index is 761.